The highest BCUT2D eigenvalue weighted by molar-refractivity contribution is 5.81. The molecule has 0 aromatic carbocycles. The lowest BCUT2D eigenvalue weighted by atomic mass is 9.87. The van der Waals surface area contributed by atoms with E-state index in [0.29, 0.717) is 19.1 Å². The lowest BCUT2D eigenvalue weighted by Gasteiger charge is -2.43. The monoisotopic (exact) mass is 343 g/mol. The Kier molecular flexibility index (Phi) is 9.81. The molecular formula is C18H37N3O3. The van der Waals surface area contributed by atoms with Gasteiger partial charge in [-0.15, -0.1) is 0 Å². The molecule has 0 unspecified atom stereocenters. The van der Waals surface area contributed by atoms with Gasteiger partial charge in [0.15, 0.2) is 0 Å². The minimum absolute atomic E-state index is 0.0816. The molecule has 3 N–H and O–H groups in total. The third-order valence-electron chi connectivity index (χ3n) is 4.84. The molecule has 1 fully saturated rings. The number of carbonyl (C=O) groups is 1. The third-order valence-corrected chi connectivity index (χ3v) is 4.84. The van der Waals surface area contributed by atoms with Crippen molar-refractivity contribution in [3.63, 3.8) is 0 Å². The molecule has 1 amide bonds. The van der Waals surface area contributed by atoms with Crippen LogP contribution in [-0.4, -0.2) is 73.5 Å². The van der Waals surface area contributed by atoms with Gasteiger partial charge in [0, 0.05) is 38.4 Å². The van der Waals surface area contributed by atoms with Gasteiger partial charge in [-0.3, -0.25) is 9.69 Å². The number of nitrogens with one attached hydrogen (secondary N) is 2. The molecule has 0 aromatic heterocycles. The standard InChI is InChI=1S/C18H37N3O3/c1-5-24-12-6-9-19-17(23)16(4)21-10-7-18(14-22,8-11-21)20-13-15(2)3/h15-16,20,22H,5-14H2,1-4H3,(H,19,23)/t16-/m1/s1. The summed E-state index contributed by atoms with van der Waals surface area (Å²) >= 11 is 0. The van der Waals surface area contributed by atoms with E-state index in [4.69, 9.17) is 4.74 Å². The maximum Gasteiger partial charge on any atom is 0.237 e. The van der Waals surface area contributed by atoms with Gasteiger partial charge in [-0.25, -0.2) is 0 Å². The topological polar surface area (TPSA) is 73.8 Å². The van der Waals surface area contributed by atoms with Crippen molar-refractivity contribution in [1.82, 2.24) is 15.5 Å². The maximum absolute atomic E-state index is 12.3. The average molecular weight is 344 g/mol. The zero-order valence-corrected chi connectivity index (χ0v) is 15.9. The van der Waals surface area contributed by atoms with Gasteiger partial charge in [0.2, 0.25) is 5.91 Å². The van der Waals surface area contributed by atoms with Crippen LogP contribution >= 0.6 is 0 Å². The summed E-state index contributed by atoms with van der Waals surface area (Å²) in [7, 11) is 0. The van der Waals surface area contributed by atoms with Gasteiger partial charge in [-0.2, -0.15) is 0 Å². The van der Waals surface area contributed by atoms with Crippen LogP contribution in [-0.2, 0) is 9.53 Å². The summed E-state index contributed by atoms with van der Waals surface area (Å²) in [5.41, 5.74) is -0.186. The first-order chi connectivity index (χ1) is 11.4. The molecule has 0 radical (unpaired) electrons. The van der Waals surface area contributed by atoms with Crippen molar-refractivity contribution >= 4 is 5.91 Å². The summed E-state index contributed by atoms with van der Waals surface area (Å²) in [5, 5.41) is 16.3. The van der Waals surface area contributed by atoms with E-state index in [2.05, 4.69) is 29.4 Å². The SMILES string of the molecule is CCOCCCNC(=O)[C@@H](C)N1CCC(CO)(NCC(C)C)CC1. The second-order valence-corrected chi connectivity index (χ2v) is 7.27. The van der Waals surface area contributed by atoms with Crippen molar-refractivity contribution in [3.05, 3.63) is 0 Å². The molecule has 142 valence electrons. The quantitative estimate of drug-likeness (QED) is 0.488. The van der Waals surface area contributed by atoms with E-state index < -0.39 is 0 Å². The number of piperidine rings is 1. The number of rotatable bonds is 11. The highest BCUT2D eigenvalue weighted by atomic mass is 16.5. The Hall–Kier alpha value is -0.690. The molecule has 0 aromatic rings. The Bertz CT molecular complexity index is 355. The molecule has 0 saturated carbocycles. The fourth-order valence-electron chi connectivity index (χ4n) is 2.99. The summed E-state index contributed by atoms with van der Waals surface area (Å²) in [5.74, 6) is 0.644. The van der Waals surface area contributed by atoms with Crippen LogP contribution in [0.5, 0.6) is 0 Å². The van der Waals surface area contributed by atoms with Gasteiger partial charge >= 0.3 is 0 Å². The first-order valence-corrected chi connectivity index (χ1v) is 9.39. The minimum atomic E-state index is -0.186. The fraction of sp³-hybridized carbons (Fsp3) is 0.944. The zero-order valence-electron chi connectivity index (χ0n) is 15.9. The van der Waals surface area contributed by atoms with Crippen molar-refractivity contribution in [2.24, 2.45) is 5.92 Å². The summed E-state index contributed by atoms with van der Waals surface area (Å²) in [4.78, 5) is 14.5. The lowest BCUT2D eigenvalue weighted by Crippen LogP contribution is -2.59. The number of ether oxygens (including phenoxy) is 1. The number of likely N-dealkylation sites (tertiary alicyclic amines) is 1. The molecule has 1 atom stereocenters. The largest absolute Gasteiger partial charge is 0.394 e. The van der Waals surface area contributed by atoms with Gasteiger partial charge in [-0.05, 0) is 45.6 Å². The van der Waals surface area contributed by atoms with E-state index in [1.807, 2.05) is 13.8 Å². The number of hydrogen-bond donors (Lipinski definition) is 3. The number of nitrogens with zero attached hydrogens (tertiary/aromatic N) is 1. The van der Waals surface area contributed by atoms with E-state index >= 15 is 0 Å². The molecule has 1 heterocycles. The number of amides is 1. The summed E-state index contributed by atoms with van der Waals surface area (Å²) < 4.78 is 5.27. The molecule has 0 bridgehead atoms. The van der Waals surface area contributed by atoms with Crippen molar-refractivity contribution in [3.8, 4) is 0 Å². The van der Waals surface area contributed by atoms with Crippen molar-refractivity contribution in [2.45, 2.75) is 58.5 Å². The van der Waals surface area contributed by atoms with Crippen LogP contribution in [0.15, 0.2) is 0 Å². The first kappa shape index (κ1) is 21.4. The highest BCUT2D eigenvalue weighted by Gasteiger charge is 2.36. The summed E-state index contributed by atoms with van der Waals surface area (Å²) in [6.07, 6.45) is 2.59. The summed E-state index contributed by atoms with van der Waals surface area (Å²) in [6.45, 7) is 13.1. The van der Waals surface area contributed by atoms with Crippen LogP contribution in [0.25, 0.3) is 0 Å². The van der Waals surface area contributed by atoms with Crippen LogP contribution < -0.4 is 10.6 Å². The van der Waals surface area contributed by atoms with Crippen LogP contribution in [0, 0.1) is 5.92 Å². The molecule has 1 aliphatic rings. The van der Waals surface area contributed by atoms with Crippen LogP contribution in [0.2, 0.25) is 0 Å². The van der Waals surface area contributed by atoms with Gasteiger partial charge in [-0.1, -0.05) is 13.8 Å². The molecule has 0 spiro atoms. The highest BCUT2D eigenvalue weighted by Crippen LogP contribution is 2.23. The molecular weight excluding hydrogens is 306 g/mol. The van der Waals surface area contributed by atoms with Gasteiger partial charge < -0.3 is 20.5 Å². The third kappa shape index (κ3) is 7.05. The zero-order chi connectivity index (χ0) is 18.0. The second kappa shape index (κ2) is 11.0. The van der Waals surface area contributed by atoms with Gasteiger partial charge in [0.25, 0.3) is 0 Å². The first-order valence-electron chi connectivity index (χ1n) is 9.39. The van der Waals surface area contributed by atoms with E-state index in [9.17, 15) is 9.90 Å². The maximum atomic E-state index is 12.3. The fourth-order valence-corrected chi connectivity index (χ4v) is 2.99. The minimum Gasteiger partial charge on any atom is -0.394 e. The number of carbonyl (C=O) groups excluding carboxylic acids is 1. The Morgan fingerprint density at radius 2 is 1.96 bits per heavy atom. The van der Waals surface area contributed by atoms with Crippen molar-refractivity contribution < 1.29 is 14.6 Å². The molecule has 1 saturated heterocycles. The molecule has 6 heteroatoms. The Morgan fingerprint density at radius 3 is 2.50 bits per heavy atom. The normalized spacial score (nSPS) is 19.4. The lowest BCUT2D eigenvalue weighted by molar-refractivity contribution is -0.126. The molecule has 6 nitrogen and oxygen atoms in total. The Morgan fingerprint density at radius 1 is 1.29 bits per heavy atom. The van der Waals surface area contributed by atoms with Crippen molar-refractivity contribution in [2.75, 3.05) is 46.0 Å². The van der Waals surface area contributed by atoms with E-state index in [1.54, 1.807) is 0 Å². The van der Waals surface area contributed by atoms with Gasteiger partial charge in [0.1, 0.15) is 0 Å². The van der Waals surface area contributed by atoms with E-state index in [1.165, 1.54) is 0 Å². The predicted octanol–water partition coefficient (Wildman–Crippen LogP) is 0.990. The molecule has 24 heavy (non-hydrogen) atoms. The smallest absolute Gasteiger partial charge is 0.237 e. The van der Waals surface area contributed by atoms with E-state index in [-0.39, 0.29) is 24.1 Å². The number of aliphatic hydroxyl groups is 1. The van der Waals surface area contributed by atoms with Crippen LogP contribution in [0.3, 0.4) is 0 Å². The van der Waals surface area contributed by atoms with Crippen LogP contribution in [0.4, 0.5) is 0 Å². The Labute approximate surface area is 147 Å². The molecule has 1 rings (SSSR count). The number of aliphatic hydroxyl groups excluding tert-OH is 1. The van der Waals surface area contributed by atoms with Gasteiger partial charge in [0.05, 0.1) is 12.6 Å². The molecule has 0 aliphatic carbocycles. The molecule has 1 aliphatic heterocycles. The summed E-state index contributed by atoms with van der Waals surface area (Å²) in [6, 6.07) is -0.126. The predicted molar refractivity (Wildman–Crippen MR) is 97.0 cm³/mol. The Balaban J connectivity index is 2.35. The average Bonchev–Trinajstić information content (AvgIpc) is 2.59. The van der Waals surface area contributed by atoms with Crippen molar-refractivity contribution in [1.29, 1.82) is 0 Å². The van der Waals surface area contributed by atoms with Crippen LogP contribution in [0.1, 0.15) is 47.0 Å². The number of hydrogen-bond acceptors (Lipinski definition) is 5. The second-order valence-electron chi connectivity index (χ2n) is 7.27. The van der Waals surface area contributed by atoms with E-state index in [0.717, 1.165) is 45.5 Å².